The molecule has 17 heavy (non-hydrogen) atoms. The number of carbonyl (C=O) groups is 1. The molecule has 0 saturated heterocycles. The van der Waals surface area contributed by atoms with Crippen LogP contribution in [0.5, 0.6) is 0 Å². The molecule has 4 heteroatoms. The first-order chi connectivity index (χ1) is 7.82. The van der Waals surface area contributed by atoms with Gasteiger partial charge in [-0.05, 0) is 24.5 Å². The number of hydrogen-bond acceptors (Lipinski definition) is 3. The number of nitrogens with one attached hydrogen (secondary N) is 1. The van der Waals surface area contributed by atoms with Gasteiger partial charge >= 0.3 is 0 Å². The number of pyridine rings is 1. The third-order valence-corrected chi connectivity index (χ3v) is 2.71. The fourth-order valence-electron chi connectivity index (χ4n) is 1.40. The van der Waals surface area contributed by atoms with Gasteiger partial charge in [0, 0.05) is 6.20 Å². The Morgan fingerprint density at radius 3 is 2.53 bits per heavy atom. The first kappa shape index (κ1) is 13.6. The normalized spacial score (nSPS) is 15.1. The molecule has 94 valence electrons. The summed E-state index contributed by atoms with van der Waals surface area (Å²) < 4.78 is 0. The van der Waals surface area contributed by atoms with Gasteiger partial charge in [-0.3, -0.25) is 9.78 Å². The average molecular weight is 235 g/mol. The lowest BCUT2D eigenvalue weighted by Gasteiger charge is -2.27. The minimum absolute atomic E-state index is 0.128. The smallest absolute Gasteiger partial charge is 0.237 e. The van der Waals surface area contributed by atoms with E-state index in [1.807, 2.05) is 45.9 Å². The van der Waals surface area contributed by atoms with Gasteiger partial charge in [-0.1, -0.05) is 26.8 Å². The highest BCUT2D eigenvalue weighted by Crippen LogP contribution is 2.18. The standard InChI is InChI=1S/C13H21N3O/c1-9(10-7-5-6-8-15-10)16-12(17)11(14)13(2,3)4/h5-9,11H,14H2,1-4H3,(H,16,17)/t9-,11+/m1/s1. The maximum Gasteiger partial charge on any atom is 0.237 e. The van der Waals surface area contributed by atoms with Gasteiger partial charge in [0.15, 0.2) is 0 Å². The van der Waals surface area contributed by atoms with Gasteiger partial charge in [-0.15, -0.1) is 0 Å². The second-order valence-corrected chi connectivity index (χ2v) is 5.33. The largest absolute Gasteiger partial charge is 0.347 e. The zero-order chi connectivity index (χ0) is 13.1. The topological polar surface area (TPSA) is 68.0 Å². The Morgan fingerprint density at radius 1 is 1.41 bits per heavy atom. The molecule has 0 aliphatic carbocycles. The second kappa shape index (κ2) is 5.27. The van der Waals surface area contributed by atoms with E-state index in [0.717, 1.165) is 5.69 Å². The van der Waals surface area contributed by atoms with Gasteiger partial charge in [-0.25, -0.2) is 0 Å². The van der Waals surface area contributed by atoms with Crippen LogP contribution in [0.25, 0.3) is 0 Å². The van der Waals surface area contributed by atoms with Crippen LogP contribution >= 0.6 is 0 Å². The van der Waals surface area contributed by atoms with Gasteiger partial charge < -0.3 is 11.1 Å². The lowest BCUT2D eigenvalue weighted by Crippen LogP contribution is -2.49. The Morgan fingerprint density at radius 2 is 2.06 bits per heavy atom. The molecule has 0 fully saturated rings. The molecule has 4 nitrogen and oxygen atoms in total. The number of nitrogens with zero attached hydrogens (tertiary/aromatic N) is 1. The lowest BCUT2D eigenvalue weighted by molar-refractivity contribution is -0.125. The van der Waals surface area contributed by atoms with Crippen molar-refractivity contribution in [1.82, 2.24) is 10.3 Å². The molecule has 0 spiro atoms. The highest BCUT2D eigenvalue weighted by Gasteiger charge is 2.28. The summed E-state index contributed by atoms with van der Waals surface area (Å²) in [6, 6.07) is 4.98. The molecule has 1 rings (SSSR count). The van der Waals surface area contributed by atoms with Crippen LogP contribution < -0.4 is 11.1 Å². The zero-order valence-corrected chi connectivity index (χ0v) is 10.9. The van der Waals surface area contributed by atoms with E-state index in [0.29, 0.717) is 0 Å². The van der Waals surface area contributed by atoms with Crippen molar-refractivity contribution in [3.05, 3.63) is 30.1 Å². The molecule has 1 heterocycles. The predicted octanol–water partition coefficient (Wildman–Crippen LogP) is 1.63. The van der Waals surface area contributed by atoms with Crippen LogP contribution in [0.3, 0.4) is 0 Å². The molecule has 1 amide bonds. The summed E-state index contributed by atoms with van der Waals surface area (Å²) in [5.74, 6) is -0.143. The quantitative estimate of drug-likeness (QED) is 0.836. The van der Waals surface area contributed by atoms with E-state index in [4.69, 9.17) is 5.73 Å². The Hall–Kier alpha value is -1.42. The van der Waals surface area contributed by atoms with Crippen LogP contribution in [-0.4, -0.2) is 16.9 Å². The SMILES string of the molecule is C[C@@H](NC(=O)[C@H](N)C(C)(C)C)c1ccccn1. The molecule has 0 radical (unpaired) electrons. The molecular formula is C13H21N3O. The molecule has 0 aromatic carbocycles. The Kier molecular flexibility index (Phi) is 4.23. The average Bonchev–Trinajstić information content (AvgIpc) is 2.27. The van der Waals surface area contributed by atoms with Crippen molar-refractivity contribution in [3.8, 4) is 0 Å². The van der Waals surface area contributed by atoms with Crippen molar-refractivity contribution in [3.63, 3.8) is 0 Å². The molecule has 0 saturated carbocycles. The molecule has 2 atom stereocenters. The molecule has 3 N–H and O–H groups in total. The van der Waals surface area contributed by atoms with Crippen molar-refractivity contribution in [2.45, 2.75) is 39.8 Å². The summed E-state index contributed by atoms with van der Waals surface area (Å²) in [6.07, 6.45) is 1.71. The molecule has 0 aliphatic rings. The summed E-state index contributed by atoms with van der Waals surface area (Å²) >= 11 is 0. The van der Waals surface area contributed by atoms with Crippen LogP contribution in [0.4, 0.5) is 0 Å². The van der Waals surface area contributed by atoms with Gasteiger partial charge in [0.1, 0.15) is 0 Å². The van der Waals surface area contributed by atoms with Crippen LogP contribution in [0, 0.1) is 5.41 Å². The van der Waals surface area contributed by atoms with Gasteiger partial charge in [0.25, 0.3) is 0 Å². The first-order valence-electron chi connectivity index (χ1n) is 5.79. The van der Waals surface area contributed by atoms with Crippen molar-refractivity contribution in [2.24, 2.45) is 11.1 Å². The Labute approximate surface area is 103 Å². The molecular weight excluding hydrogens is 214 g/mol. The summed E-state index contributed by atoms with van der Waals surface area (Å²) in [7, 11) is 0. The van der Waals surface area contributed by atoms with E-state index in [1.165, 1.54) is 0 Å². The van der Waals surface area contributed by atoms with Crippen LogP contribution in [-0.2, 0) is 4.79 Å². The lowest BCUT2D eigenvalue weighted by atomic mass is 9.87. The second-order valence-electron chi connectivity index (χ2n) is 5.33. The van der Waals surface area contributed by atoms with Gasteiger partial charge in [0.05, 0.1) is 17.8 Å². The van der Waals surface area contributed by atoms with E-state index in [9.17, 15) is 4.79 Å². The number of rotatable bonds is 3. The number of hydrogen-bond donors (Lipinski definition) is 2. The highest BCUT2D eigenvalue weighted by molar-refractivity contribution is 5.82. The fraction of sp³-hybridized carbons (Fsp3) is 0.538. The third kappa shape index (κ3) is 3.82. The van der Waals surface area contributed by atoms with Crippen molar-refractivity contribution in [2.75, 3.05) is 0 Å². The summed E-state index contributed by atoms with van der Waals surface area (Å²) in [4.78, 5) is 16.1. The van der Waals surface area contributed by atoms with Crippen molar-refractivity contribution < 1.29 is 4.79 Å². The van der Waals surface area contributed by atoms with Crippen molar-refractivity contribution >= 4 is 5.91 Å². The van der Waals surface area contributed by atoms with Crippen LogP contribution in [0.15, 0.2) is 24.4 Å². The van der Waals surface area contributed by atoms with E-state index in [2.05, 4.69) is 10.3 Å². The zero-order valence-electron chi connectivity index (χ0n) is 10.9. The molecule has 1 aromatic heterocycles. The maximum atomic E-state index is 11.9. The predicted molar refractivity (Wildman–Crippen MR) is 68.2 cm³/mol. The molecule has 0 unspecified atom stereocenters. The summed E-state index contributed by atoms with van der Waals surface area (Å²) in [6.45, 7) is 7.74. The summed E-state index contributed by atoms with van der Waals surface area (Å²) in [5, 5.41) is 2.88. The van der Waals surface area contributed by atoms with Crippen LogP contribution in [0.2, 0.25) is 0 Å². The molecule has 0 aliphatic heterocycles. The monoisotopic (exact) mass is 235 g/mol. The van der Waals surface area contributed by atoms with E-state index in [-0.39, 0.29) is 17.4 Å². The number of aromatic nitrogens is 1. The van der Waals surface area contributed by atoms with Crippen molar-refractivity contribution in [1.29, 1.82) is 0 Å². The number of amides is 1. The highest BCUT2D eigenvalue weighted by atomic mass is 16.2. The number of carbonyl (C=O) groups excluding carboxylic acids is 1. The third-order valence-electron chi connectivity index (χ3n) is 2.71. The minimum Gasteiger partial charge on any atom is -0.347 e. The van der Waals surface area contributed by atoms with E-state index in [1.54, 1.807) is 6.20 Å². The minimum atomic E-state index is -0.520. The van der Waals surface area contributed by atoms with Crippen LogP contribution in [0.1, 0.15) is 39.4 Å². The fourth-order valence-corrected chi connectivity index (χ4v) is 1.40. The molecule has 1 aromatic rings. The van der Waals surface area contributed by atoms with Gasteiger partial charge in [-0.2, -0.15) is 0 Å². The maximum absolute atomic E-state index is 11.9. The summed E-state index contributed by atoms with van der Waals surface area (Å²) in [5.41, 5.74) is 6.48. The van der Waals surface area contributed by atoms with E-state index < -0.39 is 6.04 Å². The first-order valence-corrected chi connectivity index (χ1v) is 5.79. The molecule has 0 bridgehead atoms. The Bertz CT molecular complexity index is 370. The number of nitrogens with two attached hydrogens (primary N) is 1. The van der Waals surface area contributed by atoms with E-state index >= 15 is 0 Å². The Balaban J connectivity index is 2.64. The van der Waals surface area contributed by atoms with Gasteiger partial charge in [0.2, 0.25) is 5.91 Å².